The molecule has 3 rings (SSSR count). The summed E-state index contributed by atoms with van der Waals surface area (Å²) >= 11 is 13.1. The van der Waals surface area contributed by atoms with E-state index in [1.165, 1.54) is 6.07 Å². The second-order valence-electron chi connectivity index (χ2n) is 6.63. The van der Waals surface area contributed by atoms with Crippen LogP contribution in [0.1, 0.15) is 12.8 Å². The summed E-state index contributed by atoms with van der Waals surface area (Å²) < 4.78 is 32.8. The van der Waals surface area contributed by atoms with Crippen molar-refractivity contribution in [3.05, 3.63) is 45.8 Å². The van der Waals surface area contributed by atoms with Gasteiger partial charge in [-0.05, 0) is 36.4 Å². The minimum Gasteiger partial charge on any atom is -0.490 e. The van der Waals surface area contributed by atoms with Crippen LogP contribution in [0.25, 0.3) is 0 Å². The first-order chi connectivity index (χ1) is 13.3. The van der Waals surface area contributed by atoms with Crippen LogP contribution in [0.3, 0.4) is 0 Å². The van der Waals surface area contributed by atoms with Gasteiger partial charge in [0.1, 0.15) is 16.1 Å². The molecule has 0 unspecified atom stereocenters. The van der Waals surface area contributed by atoms with E-state index in [2.05, 4.69) is 9.62 Å². The summed E-state index contributed by atoms with van der Waals surface area (Å²) in [5.41, 5.74) is 0. The molecule has 1 atom stereocenters. The number of aliphatic hydroxyl groups excluding tert-OH is 1. The minimum atomic E-state index is -3.55. The molecule has 1 aromatic heterocycles. The van der Waals surface area contributed by atoms with Gasteiger partial charge in [0, 0.05) is 32.2 Å². The maximum Gasteiger partial charge on any atom is 0.250 e. The van der Waals surface area contributed by atoms with Crippen LogP contribution in [-0.4, -0.2) is 56.8 Å². The summed E-state index contributed by atoms with van der Waals surface area (Å²) in [5, 5.41) is 12.9. The third-order valence-corrected chi connectivity index (χ3v) is 8.03. The van der Waals surface area contributed by atoms with Crippen molar-refractivity contribution >= 4 is 44.6 Å². The summed E-state index contributed by atoms with van der Waals surface area (Å²) in [4.78, 5) is 2.11. The maximum absolute atomic E-state index is 12.1. The Labute approximate surface area is 179 Å². The molecule has 2 aromatic rings. The molecule has 10 heteroatoms. The third kappa shape index (κ3) is 6.06. The van der Waals surface area contributed by atoms with Gasteiger partial charge in [-0.1, -0.05) is 29.3 Å². The normalized spacial score (nSPS) is 17.5. The van der Waals surface area contributed by atoms with Gasteiger partial charge < -0.3 is 14.7 Å². The highest BCUT2D eigenvalue weighted by molar-refractivity contribution is 7.91. The summed E-state index contributed by atoms with van der Waals surface area (Å²) in [5.74, 6) is 0.691. The van der Waals surface area contributed by atoms with E-state index in [0.29, 0.717) is 22.3 Å². The molecule has 1 saturated heterocycles. The van der Waals surface area contributed by atoms with Gasteiger partial charge in [0.05, 0.1) is 16.1 Å². The van der Waals surface area contributed by atoms with Crippen LogP contribution >= 0.6 is 34.5 Å². The van der Waals surface area contributed by atoms with Crippen molar-refractivity contribution in [3.63, 3.8) is 0 Å². The molecule has 1 aliphatic heterocycles. The summed E-state index contributed by atoms with van der Waals surface area (Å²) in [6.07, 6.45) is 0.923. The van der Waals surface area contributed by atoms with Gasteiger partial charge in [0.25, 0.3) is 0 Å². The van der Waals surface area contributed by atoms with Crippen LogP contribution in [-0.2, 0) is 10.0 Å². The van der Waals surface area contributed by atoms with Crippen molar-refractivity contribution in [1.29, 1.82) is 0 Å². The molecule has 1 aliphatic rings. The average Bonchev–Trinajstić information content (AvgIpc) is 3.21. The number of piperidine rings is 1. The number of thiophene rings is 1. The molecule has 1 aromatic carbocycles. The number of ether oxygens (including phenoxy) is 1. The van der Waals surface area contributed by atoms with E-state index in [9.17, 15) is 13.5 Å². The topological polar surface area (TPSA) is 78.9 Å². The number of benzene rings is 1. The van der Waals surface area contributed by atoms with Gasteiger partial charge in [-0.3, -0.25) is 0 Å². The number of nitrogens with one attached hydrogen (secondary N) is 1. The third-order valence-electron chi connectivity index (χ3n) is 4.47. The largest absolute Gasteiger partial charge is 0.490 e. The van der Waals surface area contributed by atoms with Crippen molar-refractivity contribution in [3.8, 4) is 5.75 Å². The lowest BCUT2D eigenvalue weighted by Crippen LogP contribution is -2.44. The number of hydrogen-bond acceptors (Lipinski definition) is 6. The number of nitrogens with zero attached hydrogens (tertiary/aromatic N) is 1. The van der Waals surface area contributed by atoms with Gasteiger partial charge in [0.15, 0.2) is 0 Å². The fraction of sp³-hybridized carbons (Fsp3) is 0.444. The van der Waals surface area contributed by atoms with E-state index in [1.54, 1.807) is 29.6 Å². The zero-order chi connectivity index (χ0) is 20.1. The molecule has 154 valence electrons. The highest BCUT2D eigenvalue weighted by atomic mass is 35.5. The number of hydrogen-bond donors (Lipinski definition) is 2. The second kappa shape index (κ2) is 9.75. The average molecular weight is 465 g/mol. The van der Waals surface area contributed by atoms with E-state index >= 15 is 0 Å². The van der Waals surface area contributed by atoms with Gasteiger partial charge in [0.2, 0.25) is 10.0 Å². The number of likely N-dealkylation sites (tertiary alicyclic amines) is 1. The predicted octanol–water partition coefficient (Wildman–Crippen LogP) is 3.24. The van der Waals surface area contributed by atoms with Crippen molar-refractivity contribution in [2.75, 3.05) is 26.2 Å². The van der Waals surface area contributed by atoms with E-state index in [1.807, 2.05) is 0 Å². The van der Waals surface area contributed by atoms with Crippen LogP contribution in [0.2, 0.25) is 10.0 Å². The zero-order valence-corrected chi connectivity index (χ0v) is 18.2. The number of sulfonamides is 1. The lowest BCUT2D eigenvalue weighted by molar-refractivity contribution is 0.0630. The lowest BCUT2D eigenvalue weighted by Gasteiger charge is -2.33. The van der Waals surface area contributed by atoms with Gasteiger partial charge in [-0.25, -0.2) is 13.1 Å². The first-order valence-corrected chi connectivity index (χ1v) is 12.0. The summed E-state index contributed by atoms with van der Waals surface area (Å²) in [7, 11) is -3.55. The predicted molar refractivity (Wildman–Crippen MR) is 112 cm³/mol. The maximum atomic E-state index is 12.1. The van der Waals surface area contributed by atoms with Gasteiger partial charge >= 0.3 is 0 Å². The standard InChI is InChI=1S/C18H22Cl2N2O4S2/c19-16-4-3-15(10-17(16)20)26-14-5-7-22(8-6-14)12-13(23)11-21-28(24,25)18-2-1-9-27-18/h1-4,9-10,13-14,21,23H,5-8,11-12H2/t13-/m0/s1. The number of rotatable bonds is 8. The van der Waals surface area contributed by atoms with Crippen molar-refractivity contribution in [2.45, 2.75) is 29.3 Å². The summed E-state index contributed by atoms with van der Waals surface area (Å²) in [6.45, 7) is 1.92. The smallest absolute Gasteiger partial charge is 0.250 e. The molecule has 0 bridgehead atoms. The molecule has 1 fully saturated rings. The highest BCUT2D eigenvalue weighted by Crippen LogP contribution is 2.28. The van der Waals surface area contributed by atoms with Crippen LogP contribution in [0.5, 0.6) is 5.75 Å². The number of β-amino-alcohol motifs (C(OH)–C–C–N with tert-alkyl or cyclic N) is 1. The van der Waals surface area contributed by atoms with Crippen LogP contribution < -0.4 is 9.46 Å². The number of halogens is 2. The molecule has 28 heavy (non-hydrogen) atoms. The zero-order valence-electron chi connectivity index (χ0n) is 15.1. The lowest BCUT2D eigenvalue weighted by atomic mass is 10.1. The van der Waals surface area contributed by atoms with Crippen molar-refractivity contribution in [1.82, 2.24) is 9.62 Å². The highest BCUT2D eigenvalue weighted by Gasteiger charge is 2.23. The molecule has 6 nitrogen and oxygen atoms in total. The Balaban J connectivity index is 1.40. The monoisotopic (exact) mass is 464 g/mol. The van der Waals surface area contributed by atoms with Crippen LogP contribution in [0.15, 0.2) is 39.9 Å². The molecule has 2 heterocycles. The van der Waals surface area contributed by atoms with E-state index in [4.69, 9.17) is 27.9 Å². The number of aliphatic hydroxyl groups is 1. The first kappa shape index (κ1) is 21.8. The SMILES string of the molecule is O=S(=O)(NC[C@H](O)CN1CCC(Oc2ccc(Cl)c(Cl)c2)CC1)c1cccs1. The van der Waals surface area contributed by atoms with E-state index in [0.717, 1.165) is 37.3 Å². The van der Waals surface area contributed by atoms with Crippen molar-refractivity contribution in [2.24, 2.45) is 0 Å². The first-order valence-electron chi connectivity index (χ1n) is 8.89. The minimum absolute atomic E-state index is 0.0140. The Kier molecular flexibility index (Phi) is 7.60. The molecule has 2 N–H and O–H groups in total. The fourth-order valence-electron chi connectivity index (χ4n) is 3.01. The Morgan fingerprint density at radius 1 is 1.25 bits per heavy atom. The Morgan fingerprint density at radius 3 is 2.64 bits per heavy atom. The molecular formula is C18H22Cl2N2O4S2. The van der Waals surface area contributed by atoms with E-state index < -0.39 is 16.1 Å². The summed E-state index contributed by atoms with van der Waals surface area (Å²) in [6, 6.07) is 8.43. The Hall–Kier alpha value is -0.870. The molecule has 0 spiro atoms. The van der Waals surface area contributed by atoms with E-state index in [-0.39, 0.29) is 16.9 Å². The molecule has 0 saturated carbocycles. The van der Waals surface area contributed by atoms with Gasteiger partial charge in [-0.15, -0.1) is 11.3 Å². The quantitative estimate of drug-likeness (QED) is 0.626. The van der Waals surface area contributed by atoms with Crippen molar-refractivity contribution < 1.29 is 18.3 Å². The molecule has 0 amide bonds. The molecule has 0 aliphatic carbocycles. The Morgan fingerprint density at radius 2 is 2.00 bits per heavy atom. The van der Waals surface area contributed by atoms with Gasteiger partial charge in [-0.2, -0.15) is 0 Å². The van der Waals surface area contributed by atoms with Crippen LogP contribution in [0, 0.1) is 0 Å². The molecule has 0 radical (unpaired) electrons. The second-order valence-corrected chi connectivity index (χ2v) is 10.4. The Bertz CT molecular complexity index is 870. The molecular weight excluding hydrogens is 443 g/mol. The fourth-order valence-corrected chi connectivity index (χ4v) is 5.41. The van der Waals surface area contributed by atoms with Crippen LogP contribution in [0.4, 0.5) is 0 Å².